The number of hydrogen-bond donors (Lipinski definition) is 0. The standard InChI is InChI=1S/C11H13BrN2O/c1-3-14-9-5-4-8(12)6-10(9)13(2)7-11(14)15/h4-6H,3,7H2,1-2H3. The van der Waals surface area contributed by atoms with Gasteiger partial charge in [0.25, 0.3) is 0 Å². The van der Waals surface area contributed by atoms with Crippen LogP contribution < -0.4 is 9.80 Å². The summed E-state index contributed by atoms with van der Waals surface area (Å²) in [7, 11) is 1.94. The number of benzene rings is 1. The minimum absolute atomic E-state index is 0.162. The molecule has 15 heavy (non-hydrogen) atoms. The number of likely N-dealkylation sites (N-methyl/N-ethyl adjacent to an activating group) is 2. The molecular weight excluding hydrogens is 256 g/mol. The van der Waals surface area contributed by atoms with Gasteiger partial charge in [0, 0.05) is 18.1 Å². The highest BCUT2D eigenvalue weighted by Gasteiger charge is 2.25. The van der Waals surface area contributed by atoms with E-state index in [1.165, 1.54) is 0 Å². The fraction of sp³-hybridized carbons (Fsp3) is 0.364. The predicted molar refractivity (Wildman–Crippen MR) is 65.4 cm³/mol. The van der Waals surface area contributed by atoms with Crippen LogP contribution in [0.2, 0.25) is 0 Å². The fourth-order valence-electron chi connectivity index (χ4n) is 1.89. The largest absolute Gasteiger partial charge is 0.364 e. The van der Waals surface area contributed by atoms with Crippen LogP contribution in [0.3, 0.4) is 0 Å². The van der Waals surface area contributed by atoms with Crippen molar-refractivity contribution < 1.29 is 4.79 Å². The Morgan fingerprint density at radius 1 is 1.40 bits per heavy atom. The lowest BCUT2D eigenvalue weighted by molar-refractivity contribution is -0.117. The van der Waals surface area contributed by atoms with Gasteiger partial charge in [-0.15, -0.1) is 0 Å². The van der Waals surface area contributed by atoms with Crippen molar-refractivity contribution in [1.29, 1.82) is 0 Å². The zero-order valence-electron chi connectivity index (χ0n) is 8.83. The maximum absolute atomic E-state index is 11.8. The van der Waals surface area contributed by atoms with Gasteiger partial charge in [-0.05, 0) is 25.1 Å². The molecule has 1 amide bonds. The monoisotopic (exact) mass is 268 g/mol. The molecule has 1 aromatic rings. The summed E-state index contributed by atoms with van der Waals surface area (Å²) in [5.41, 5.74) is 2.10. The van der Waals surface area contributed by atoms with Crippen LogP contribution in [0.5, 0.6) is 0 Å². The third kappa shape index (κ3) is 1.74. The lowest BCUT2D eigenvalue weighted by Gasteiger charge is -2.34. The lowest BCUT2D eigenvalue weighted by atomic mass is 10.1. The molecule has 2 rings (SSSR count). The van der Waals surface area contributed by atoms with E-state index >= 15 is 0 Å². The van der Waals surface area contributed by atoms with Crippen LogP contribution >= 0.6 is 15.9 Å². The fourth-order valence-corrected chi connectivity index (χ4v) is 2.23. The summed E-state index contributed by atoms with van der Waals surface area (Å²) in [6, 6.07) is 5.99. The molecule has 0 aromatic heterocycles. The quantitative estimate of drug-likeness (QED) is 0.780. The number of hydrogen-bond acceptors (Lipinski definition) is 2. The summed E-state index contributed by atoms with van der Waals surface area (Å²) in [4.78, 5) is 15.6. The van der Waals surface area contributed by atoms with E-state index in [0.717, 1.165) is 22.4 Å². The number of carbonyl (C=O) groups is 1. The number of halogens is 1. The Kier molecular flexibility index (Phi) is 2.69. The number of fused-ring (bicyclic) bond motifs is 1. The summed E-state index contributed by atoms with van der Waals surface area (Å²) < 4.78 is 1.04. The number of rotatable bonds is 1. The Bertz CT molecular complexity index is 406. The molecule has 1 aromatic carbocycles. The van der Waals surface area contributed by atoms with Crippen LogP contribution in [0.4, 0.5) is 11.4 Å². The number of amides is 1. The normalized spacial score (nSPS) is 15.5. The van der Waals surface area contributed by atoms with Crippen molar-refractivity contribution in [2.45, 2.75) is 6.92 Å². The maximum atomic E-state index is 11.8. The molecule has 0 radical (unpaired) electrons. The van der Waals surface area contributed by atoms with Gasteiger partial charge in [0.1, 0.15) is 0 Å². The average Bonchev–Trinajstić information content (AvgIpc) is 2.19. The molecule has 0 spiro atoms. The molecule has 1 aliphatic heterocycles. The van der Waals surface area contributed by atoms with Gasteiger partial charge in [-0.25, -0.2) is 0 Å². The number of anilines is 2. The van der Waals surface area contributed by atoms with Crippen molar-refractivity contribution >= 4 is 33.2 Å². The highest BCUT2D eigenvalue weighted by molar-refractivity contribution is 9.10. The zero-order chi connectivity index (χ0) is 11.0. The van der Waals surface area contributed by atoms with Crippen LogP contribution in [0.15, 0.2) is 22.7 Å². The second-order valence-electron chi connectivity index (χ2n) is 3.63. The lowest BCUT2D eigenvalue weighted by Crippen LogP contribution is -2.44. The SMILES string of the molecule is CCN1C(=O)CN(C)c2cc(Br)ccc21. The van der Waals surface area contributed by atoms with E-state index in [1.54, 1.807) is 0 Å². The minimum Gasteiger partial charge on any atom is -0.364 e. The average molecular weight is 269 g/mol. The van der Waals surface area contributed by atoms with Gasteiger partial charge in [0.05, 0.1) is 17.9 Å². The first-order valence-electron chi connectivity index (χ1n) is 4.94. The van der Waals surface area contributed by atoms with E-state index in [9.17, 15) is 4.79 Å². The molecule has 80 valence electrons. The van der Waals surface area contributed by atoms with Crippen LogP contribution in [0.25, 0.3) is 0 Å². The van der Waals surface area contributed by atoms with E-state index in [4.69, 9.17) is 0 Å². The van der Waals surface area contributed by atoms with Crippen molar-refractivity contribution in [3.63, 3.8) is 0 Å². The smallest absolute Gasteiger partial charge is 0.246 e. The van der Waals surface area contributed by atoms with Crippen molar-refractivity contribution in [3.8, 4) is 0 Å². The van der Waals surface area contributed by atoms with Gasteiger partial charge < -0.3 is 9.80 Å². The highest BCUT2D eigenvalue weighted by Crippen LogP contribution is 2.34. The second kappa shape index (κ2) is 3.85. The van der Waals surface area contributed by atoms with Gasteiger partial charge >= 0.3 is 0 Å². The summed E-state index contributed by atoms with van der Waals surface area (Å²) in [6.07, 6.45) is 0. The Hall–Kier alpha value is -1.03. The highest BCUT2D eigenvalue weighted by atomic mass is 79.9. The van der Waals surface area contributed by atoms with E-state index in [0.29, 0.717) is 6.54 Å². The van der Waals surface area contributed by atoms with Gasteiger partial charge in [-0.3, -0.25) is 4.79 Å². The van der Waals surface area contributed by atoms with Crippen LogP contribution in [0, 0.1) is 0 Å². The van der Waals surface area contributed by atoms with Crippen LogP contribution in [-0.4, -0.2) is 26.0 Å². The van der Waals surface area contributed by atoms with E-state index in [-0.39, 0.29) is 5.91 Å². The molecular formula is C11H13BrN2O. The molecule has 1 aliphatic rings. The first kappa shape index (κ1) is 10.5. The molecule has 0 fully saturated rings. The number of carbonyl (C=O) groups excluding carboxylic acids is 1. The minimum atomic E-state index is 0.162. The molecule has 0 atom stereocenters. The van der Waals surface area contributed by atoms with Crippen molar-refractivity contribution in [1.82, 2.24) is 0 Å². The molecule has 3 nitrogen and oxygen atoms in total. The number of nitrogens with zero attached hydrogens (tertiary/aromatic N) is 2. The molecule has 0 aliphatic carbocycles. The van der Waals surface area contributed by atoms with Crippen LogP contribution in [0.1, 0.15) is 6.92 Å². The first-order valence-corrected chi connectivity index (χ1v) is 5.74. The maximum Gasteiger partial charge on any atom is 0.246 e. The molecule has 4 heteroatoms. The van der Waals surface area contributed by atoms with Gasteiger partial charge in [-0.2, -0.15) is 0 Å². The first-order chi connectivity index (χ1) is 7.13. The Balaban J connectivity index is 2.53. The Morgan fingerprint density at radius 3 is 2.80 bits per heavy atom. The molecule has 0 saturated carbocycles. The molecule has 0 bridgehead atoms. The summed E-state index contributed by atoms with van der Waals surface area (Å²) >= 11 is 3.44. The van der Waals surface area contributed by atoms with E-state index < -0.39 is 0 Å². The van der Waals surface area contributed by atoms with Gasteiger partial charge in [-0.1, -0.05) is 15.9 Å². The van der Waals surface area contributed by atoms with Crippen molar-refractivity contribution in [2.75, 3.05) is 29.9 Å². The zero-order valence-corrected chi connectivity index (χ0v) is 10.4. The summed E-state index contributed by atoms with van der Waals surface area (Å²) in [6.45, 7) is 3.17. The van der Waals surface area contributed by atoms with Gasteiger partial charge in [0.15, 0.2) is 0 Å². The third-order valence-electron chi connectivity index (χ3n) is 2.63. The van der Waals surface area contributed by atoms with Crippen molar-refractivity contribution in [2.24, 2.45) is 0 Å². The topological polar surface area (TPSA) is 23.6 Å². The predicted octanol–water partition coefficient (Wildman–Crippen LogP) is 2.25. The Labute approximate surface area is 97.8 Å². The van der Waals surface area contributed by atoms with E-state index in [1.807, 2.05) is 42.0 Å². The summed E-state index contributed by atoms with van der Waals surface area (Å²) in [5.74, 6) is 0.162. The summed E-state index contributed by atoms with van der Waals surface area (Å²) in [5, 5.41) is 0. The van der Waals surface area contributed by atoms with Crippen LogP contribution in [-0.2, 0) is 4.79 Å². The molecule has 0 unspecified atom stereocenters. The molecule has 1 heterocycles. The van der Waals surface area contributed by atoms with Gasteiger partial charge in [0.2, 0.25) is 5.91 Å². The molecule has 0 saturated heterocycles. The molecule has 0 N–H and O–H groups in total. The second-order valence-corrected chi connectivity index (χ2v) is 4.54. The Morgan fingerprint density at radius 2 is 2.13 bits per heavy atom. The van der Waals surface area contributed by atoms with Crippen molar-refractivity contribution in [3.05, 3.63) is 22.7 Å². The third-order valence-corrected chi connectivity index (χ3v) is 3.12. The van der Waals surface area contributed by atoms with E-state index in [2.05, 4.69) is 15.9 Å².